The lowest BCUT2D eigenvalue weighted by Gasteiger charge is -2.20. The number of methoxy groups -OCH3 is 1. The average Bonchev–Trinajstić information content (AvgIpc) is 2.36. The fourth-order valence-electron chi connectivity index (χ4n) is 1.89. The van der Waals surface area contributed by atoms with E-state index in [-0.39, 0.29) is 12.0 Å². The van der Waals surface area contributed by atoms with Gasteiger partial charge in [-0.2, -0.15) is 0 Å². The number of aldehydes is 1. The first-order valence-electron chi connectivity index (χ1n) is 5.87. The third-order valence-electron chi connectivity index (χ3n) is 2.88. The lowest BCUT2D eigenvalue weighted by atomic mass is 9.96. The number of ether oxygens (including phenoxy) is 1. The van der Waals surface area contributed by atoms with Gasteiger partial charge >= 0.3 is 0 Å². The van der Waals surface area contributed by atoms with Gasteiger partial charge in [-0.05, 0) is 24.5 Å². The summed E-state index contributed by atoms with van der Waals surface area (Å²) in [5, 5.41) is 0. The second-order valence-electron chi connectivity index (χ2n) is 4.35. The molecule has 0 aliphatic heterocycles. The number of rotatable bonds is 6. The Bertz CT molecular complexity index is 368. The van der Waals surface area contributed by atoms with Gasteiger partial charge in [0.05, 0.1) is 6.10 Å². The van der Waals surface area contributed by atoms with Crippen LogP contribution in [0.4, 0.5) is 0 Å². The standard InChI is InChI=1S/C15H20O2/c1-12(11-16)9-13(2)15(17-3)10-14-7-5-4-6-8-14/h4-9,11,13,15H,10H2,1-3H3/b12-9+/t13-,15-/m0/s1. The van der Waals surface area contributed by atoms with Crippen LogP contribution in [0.3, 0.4) is 0 Å². The number of carbonyl (C=O) groups excluding carboxylic acids is 1. The molecule has 0 fully saturated rings. The molecule has 0 bridgehead atoms. The summed E-state index contributed by atoms with van der Waals surface area (Å²) in [6.45, 7) is 3.89. The predicted molar refractivity (Wildman–Crippen MR) is 69.9 cm³/mol. The van der Waals surface area contributed by atoms with Crippen LogP contribution in [0.25, 0.3) is 0 Å². The SMILES string of the molecule is CO[C@@H](Cc1ccccc1)[C@@H](C)/C=C(\C)C=O. The van der Waals surface area contributed by atoms with E-state index in [4.69, 9.17) is 4.74 Å². The van der Waals surface area contributed by atoms with E-state index < -0.39 is 0 Å². The molecular formula is C15H20O2. The molecule has 2 atom stereocenters. The van der Waals surface area contributed by atoms with Crippen molar-refractivity contribution in [3.05, 3.63) is 47.5 Å². The van der Waals surface area contributed by atoms with Crippen LogP contribution in [0.2, 0.25) is 0 Å². The Kier molecular flexibility index (Phi) is 5.64. The average molecular weight is 232 g/mol. The molecule has 0 saturated carbocycles. The van der Waals surface area contributed by atoms with Crippen molar-refractivity contribution in [3.63, 3.8) is 0 Å². The summed E-state index contributed by atoms with van der Waals surface area (Å²) in [4.78, 5) is 10.6. The maximum atomic E-state index is 10.6. The third kappa shape index (κ3) is 4.53. The van der Waals surface area contributed by atoms with Gasteiger partial charge in [-0.15, -0.1) is 0 Å². The highest BCUT2D eigenvalue weighted by atomic mass is 16.5. The molecule has 2 heteroatoms. The minimum atomic E-state index is 0.104. The van der Waals surface area contributed by atoms with Crippen LogP contribution in [0.5, 0.6) is 0 Å². The highest BCUT2D eigenvalue weighted by Crippen LogP contribution is 2.15. The van der Waals surface area contributed by atoms with Crippen LogP contribution in [0, 0.1) is 5.92 Å². The van der Waals surface area contributed by atoms with Crippen molar-refractivity contribution in [1.29, 1.82) is 0 Å². The largest absolute Gasteiger partial charge is 0.381 e. The normalized spacial score (nSPS) is 15.4. The van der Waals surface area contributed by atoms with E-state index in [1.165, 1.54) is 5.56 Å². The van der Waals surface area contributed by atoms with E-state index in [1.54, 1.807) is 7.11 Å². The molecule has 0 saturated heterocycles. The van der Waals surface area contributed by atoms with Crippen LogP contribution in [0.15, 0.2) is 42.0 Å². The maximum absolute atomic E-state index is 10.6. The summed E-state index contributed by atoms with van der Waals surface area (Å²) < 4.78 is 5.50. The molecule has 0 spiro atoms. The van der Waals surface area contributed by atoms with Gasteiger partial charge in [0, 0.05) is 13.0 Å². The van der Waals surface area contributed by atoms with Gasteiger partial charge in [-0.25, -0.2) is 0 Å². The highest BCUT2D eigenvalue weighted by molar-refractivity contribution is 5.72. The van der Waals surface area contributed by atoms with Gasteiger partial charge in [0.15, 0.2) is 0 Å². The second kappa shape index (κ2) is 7.02. The van der Waals surface area contributed by atoms with E-state index in [0.717, 1.165) is 18.3 Å². The molecule has 17 heavy (non-hydrogen) atoms. The minimum absolute atomic E-state index is 0.104. The Hall–Kier alpha value is -1.41. The Morgan fingerprint density at radius 1 is 1.35 bits per heavy atom. The number of allylic oxidation sites excluding steroid dienone is 1. The number of hydrogen-bond acceptors (Lipinski definition) is 2. The molecule has 1 aromatic rings. The lowest BCUT2D eigenvalue weighted by Crippen LogP contribution is -2.22. The van der Waals surface area contributed by atoms with Crippen LogP contribution in [-0.4, -0.2) is 19.5 Å². The monoisotopic (exact) mass is 232 g/mol. The maximum Gasteiger partial charge on any atom is 0.145 e. The first-order valence-corrected chi connectivity index (χ1v) is 5.87. The van der Waals surface area contributed by atoms with Gasteiger partial charge in [-0.1, -0.05) is 43.3 Å². The van der Waals surface area contributed by atoms with E-state index in [0.29, 0.717) is 0 Å². The summed E-state index contributed by atoms with van der Waals surface area (Å²) in [6.07, 6.45) is 3.81. The Labute approximate surface area is 103 Å². The van der Waals surface area contributed by atoms with Gasteiger partial charge in [-0.3, -0.25) is 4.79 Å². The van der Waals surface area contributed by atoms with E-state index in [2.05, 4.69) is 19.1 Å². The molecule has 0 aliphatic carbocycles. The second-order valence-corrected chi connectivity index (χ2v) is 4.35. The highest BCUT2D eigenvalue weighted by Gasteiger charge is 2.15. The molecule has 0 heterocycles. The summed E-state index contributed by atoms with van der Waals surface area (Å²) >= 11 is 0. The smallest absolute Gasteiger partial charge is 0.145 e. The zero-order valence-electron chi connectivity index (χ0n) is 10.7. The Morgan fingerprint density at radius 3 is 2.53 bits per heavy atom. The van der Waals surface area contributed by atoms with Crippen molar-refractivity contribution in [2.75, 3.05) is 7.11 Å². The molecule has 0 aromatic heterocycles. The van der Waals surface area contributed by atoms with Crippen LogP contribution in [-0.2, 0) is 16.0 Å². The minimum Gasteiger partial charge on any atom is -0.381 e. The fourth-order valence-corrected chi connectivity index (χ4v) is 1.89. The quantitative estimate of drug-likeness (QED) is 0.556. The van der Waals surface area contributed by atoms with Crippen LogP contribution < -0.4 is 0 Å². The first-order chi connectivity index (χ1) is 8.17. The van der Waals surface area contributed by atoms with Crippen molar-refractivity contribution in [3.8, 4) is 0 Å². The topological polar surface area (TPSA) is 26.3 Å². The van der Waals surface area contributed by atoms with Crippen LogP contribution in [0.1, 0.15) is 19.4 Å². The van der Waals surface area contributed by atoms with Crippen molar-refractivity contribution < 1.29 is 9.53 Å². The molecule has 0 radical (unpaired) electrons. The van der Waals surface area contributed by atoms with E-state index in [9.17, 15) is 4.79 Å². The molecular weight excluding hydrogens is 212 g/mol. The summed E-state index contributed by atoms with van der Waals surface area (Å²) in [6, 6.07) is 10.2. The lowest BCUT2D eigenvalue weighted by molar-refractivity contribution is -0.104. The molecule has 0 unspecified atom stereocenters. The summed E-state index contributed by atoms with van der Waals surface area (Å²) in [5.41, 5.74) is 2.01. The predicted octanol–water partition coefficient (Wildman–Crippen LogP) is 3.03. The summed E-state index contributed by atoms with van der Waals surface area (Å²) in [7, 11) is 1.72. The summed E-state index contributed by atoms with van der Waals surface area (Å²) in [5.74, 6) is 0.227. The molecule has 1 aromatic carbocycles. The van der Waals surface area contributed by atoms with Crippen molar-refractivity contribution >= 4 is 6.29 Å². The van der Waals surface area contributed by atoms with Crippen molar-refractivity contribution in [1.82, 2.24) is 0 Å². The van der Waals surface area contributed by atoms with Gasteiger partial charge in [0.2, 0.25) is 0 Å². The van der Waals surface area contributed by atoms with E-state index in [1.807, 2.05) is 31.2 Å². The number of benzene rings is 1. The van der Waals surface area contributed by atoms with E-state index >= 15 is 0 Å². The molecule has 0 amide bonds. The number of carbonyl (C=O) groups is 1. The number of hydrogen-bond donors (Lipinski definition) is 0. The molecule has 2 nitrogen and oxygen atoms in total. The zero-order valence-corrected chi connectivity index (χ0v) is 10.7. The molecule has 0 aliphatic rings. The van der Waals surface area contributed by atoms with Crippen molar-refractivity contribution in [2.45, 2.75) is 26.4 Å². The fraction of sp³-hybridized carbons (Fsp3) is 0.400. The van der Waals surface area contributed by atoms with Crippen LogP contribution >= 0.6 is 0 Å². The van der Waals surface area contributed by atoms with Gasteiger partial charge in [0.1, 0.15) is 6.29 Å². The first kappa shape index (κ1) is 13.7. The third-order valence-corrected chi connectivity index (χ3v) is 2.88. The molecule has 92 valence electrons. The Balaban J connectivity index is 2.69. The molecule has 1 rings (SSSR count). The zero-order chi connectivity index (χ0) is 12.7. The van der Waals surface area contributed by atoms with Crippen molar-refractivity contribution in [2.24, 2.45) is 5.92 Å². The molecule has 0 N–H and O–H groups in total. The van der Waals surface area contributed by atoms with Gasteiger partial charge < -0.3 is 4.74 Å². The van der Waals surface area contributed by atoms with Gasteiger partial charge in [0.25, 0.3) is 0 Å². The Morgan fingerprint density at radius 2 is 2.00 bits per heavy atom.